The Kier molecular flexibility index (Phi) is 3.90. The molecular formula is C13H20N4O2. The van der Waals surface area contributed by atoms with Crippen LogP contribution in [0.1, 0.15) is 6.92 Å². The molecule has 1 aliphatic rings. The van der Waals surface area contributed by atoms with Gasteiger partial charge in [0.1, 0.15) is 0 Å². The van der Waals surface area contributed by atoms with Crippen molar-refractivity contribution >= 4 is 17.1 Å². The van der Waals surface area contributed by atoms with Gasteiger partial charge in [0.2, 0.25) is 0 Å². The van der Waals surface area contributed by atoms with Crippen molar-refractivity contribution in [3.8, 4) is 0 Å². The molecule has 1 unspecified atom stereocenters. The fraction of sp³-hybridized carbons (Fsp3) is 0.538. The van der Waals surface area contributed by atoms with Crippen LogP contribution < -0.4 is 10.2 Å². The van der Waals surface area contributed by atoms with Crippen LogP contribution in [0.2, 0.25) is 0 Å². The second-order valence-corrected chi connectivity index (χ2v) is 5.02. The third-order valence-corrected chi connectivity index (χ3v) is 3.73. The highest BCUT2D eigenvalue weighted by atomic mass is 16.6. The predicted molar refractivity (Wildman–Crippen MR) is 76.9 cm³/mol. The summed E-state index contributed by atoms with van der Waals surface area (Å²) in [7, 11) is 3.88. The van der Waals surface area contributed by atoms with E-state index < -0.39 is 0 Å². The molecule has 1 fully saturated rings. The number of likely N-dealkylation sites (N-methyl/N-ethyl adjacent to an activating group) is 1. The molecule has 1 aromatic rings. The second kappa shape index (κ2) is 5.44. The first-order chi connectivity index (χ1) is 9.01. The topological polar surface area (TPSA) is 61.6 Å². The minimum Gasteiger partial charge on any atom is -0.388 e. The number of benzene rings is 1. The minimum atomic E-state index is -0.343. The van der Waals surface area contributed by atoms with Gasteiger partial charge >= 0.3 is 0 Å². The van der Waals surface area contributed by atoms with Crippen molar-refractivity contribution in [2.45, 2.75) is 13.0 Å². The van der Waals surface area contributed by atoms with Crippen molar-refractivity contribution < 1.29 is 4.92 Å². The van der Waals surface area contributed by atoms with E-state index in [4.69, 9.17) is 0 Å². The number of hydrogen-bond acceptors (Lipinski definition) is 5. The Morgan fingerprint density at radius 2 is 2.11 bits per heavy atom. The smallest absolute Gasteiger partial charge is 0.273 e. The summed E-state index contributed by atoms with van der Waals surface area (Å²) in [6.07, 6.45) is 0. The summed E-state index contributed by atoms with van der Waals surface area (Å²) in [5, 5.41) is 14.0. The van der Waals surface area contributed by atoms with E-state index in [1.807, 2.05) is 6.07 Å². The van der Waals surface area contributed by atoms with Gasteiger partial charge in [-0.25, -0.2) is 0 Å². The SMILES string of the molecule is CNc1cc(N2CCN(C)C(C)C2)cc([N+](=O)[O-])c1. The van der Waals surface area contributed by atoms with Gasteiger partial charge < -0.3 is 15.1 Å². The summed E-state index contributed by atoms with van der Waals surface area (Å²) in [6.45, 7) is 4.92. The molecule has 1 aromatic carbocycles. The highest BCUT2D eigenvalue weighted by molar-refractivity contribution is 5.64. The number of nitro groups is 1. The van der Waals surface area contributed by atoms with E-state index in [2.05, 4.69) is 29.1 Å². The molecule has 0 amide bonds. The molecule has 2 rings (SSSR count). The maximum absolute atomic E-state index is 11.0. The van der Waals surface area contributed by atoms with Crippen molar-refractivity contribution in [1.82, 2.24) is 4.90 Å². The molecule has 0 radical (unpaired) electrons. The molecule has 1 saturated heterocycles. The number of anilines is 2. The first kappa shape index (κ1) is 13.6. The van der Waals surface area contributed by atoms with Crippen molar-refractivity contribution in [3.05, 3.63) is 28.3 Å². The van der Waals surface area contributed by atoms with Crippen LogP contribution in [0.3, 0.4) is 0 Å². The highest BCUT2D eigenvalue weighted by Crippen LogP contribution is 2.28. The molecule has 1 N–H and O–H groups in total. The third kappa shape index (κ3) is 2.96. The molecule has 1 heterocycles. The molecule has 19 heavy (non-hydrogen) atoms. The van der Waals surface area contributed by atoms with Crippen LogP contribution in [-0.4, -0.2) is 49.6 Å². The number of non-ortho nitro benzene ring substituents is 1. The minimum absolute atomic E-state index is 0.133. The Labute approximate surface area is 113 Å². The van der Waals surface area contributed by atoms with Crippen LogP contribution in [0.4, 0.5) is 17.1 Å². The van der Waals surface area contributed by atoms with Crippen LogP contribution in [-0.2, 0) is 0 Å². The lowest BCUT2D eigenvalue weighted by Crippen LogP contribution is -2.50. The van der Waals surface area contributed by atoms with Crippen LogP contribution in [0.25, 0.3) is 0 Å². The molecule has 1 aliphatic heterocycles. The average Bonchev–Trinajstić information content (AvgIpc) is 2.41. The highest BCUT2D eigenvalue weighted by Gasteiger charge is 2.22. The van der Waals surface area contributed by atoms with Crippen molar-refractivity contribution in [3.63, 3.8) is 0 Å². The van der Waals surface area contributed by atoms with Gasteiger partial charge in [0.05, 0.1) is 4.92 Å². The zero-order valence-corrected chi connectivity index (χ0v) is 11.6. The number of piperazine rings is 1. The molecule has 6 nitrogen and oxygen atoms in total. The molecule has 104 valence electrons. The number of nitrogens with one attached hydrogen (secondary N) is 1. The summed E-state index contributed by atoms with van der Waals surface area (Å²) >= 11 is 0. The molecule has 1 atom stereocenters. The quantitative estimate of drug-likeness (QED) is 0.666. The standard InChI is InChI=1S/C13H20N4O2/c1-10-9-16(5-4-15(10)3)12-6-11(14-2)7-13(8-12)17(18)19/h6-8,10,14H,4-5,9H2,1-3H3. The summed E-state index contributed by atoms with van der Waals surface area (Å²) in [5.41, 5.74) is 1.82. The largest absolute Gasteiger partial charge is 0.388 e. The Morgan fingerprint density at radius 3 is 2.68 bits per heavy atom. The molecule has 0 aliphatic carbocycles. The van der Waals surface area contributed by atoms with Gasteiger partial charge in [-0.1, -0.05) is 0 Å². The fourth-order valence-electron chi connectivity index (χ4n) is 2.31. The van der Waals surface area contributed by atoms with Crippen molar-refractivity contribution in [2.75, 3.05) is 43.9 Å². The van der Waals surface area contributed by atoms with Gasteiger partial charge in [-0.3, -0.25) is 10.1 Å². The monoisotopic (exact) mass is 264 g/mol. The lowest BCUT2D eigenvalue weighted by Gasteiger charge is -2.39. The fourth-order valence-corrected chi connectivity index (χ4v) is 2.31. The molecule has 0 bridgehead atoms. The van der Waals surface area contributed by atoms with Crippen molar-refractivity contribution in [1.29, 1.82) is 0 Å². The van der Waals surface area contributed by atoms with Crippen LogP contribution in [0.15, 0.2) is 18.2 Å². The van der Waals surface area contributed by atoms with Gasteiger partial charge in [-0.15, -0.1) is 0 Å². The number of nitrogens with zero attached hydrogens (tertiary/aromatic N) is 3. The van der Waals surface area contributed by atoms with E-state index in [1.165, 1.54) is 0 Å². The first-order valence-electron chi connectivity index (χ1n) is 6.43. The van der Waals surface area contributed by atoms with Crippen LogP contribution >= 0.6 is 0 Å². The zero-order chi connectivity index (χ0) is 14.0. The molecule has 0 saturated carbocycles. The van der Waals surface area contributed by atoms with E-state index in [0.717, 1.165) is 31.0 Å². The van der Waals surface area contributed by atoms with E-state index in [1.54, 1.807) is 19.2 Å². The molecular weight excluding hydrogens is 244 g/mol. The Bertz CT molecular complexity index is 478. The van der Waals surface area contributed by atoms with Gasteiger partial charge in [-0.2, -0.15) is 0 Å². The number of rotatable bonds is 3. The van der Waals surface area contributed by atoms with Gasteiger partial charge in [0.15, 0.2) is 0 Å². The maximum atomic E-state index is 11.0. The number of nitro benzene ring substituents is 1. The van der Waals surface area contributed by atoms with Crippen LogP contribution in [0.5, 0.6) is 0 Å². The van der Waals surface area contributed by atoms with Crippen LogP contribution in [0, 0.1) is 10.1 Å². The maximum Gasteiger partial charge on any atom is 0.273 e. The van der Waals surface area contributed by atoms with Gasteiger partial charge in [-0.05, 0) is 20.0 Å². The average molecular weight is 264 g/mol. The Morgan fingerprint density at radius 1 is 1.37 bits per heavy atom. The normalized spacial score (nSPS) is 20.4. The predicted octanol–water partition coefficient (Wildman–Crippen LogP) is 1.78. The lowest BCUT2D eigenvalue weighted by molar-refractivity contribution is -0.384. The summed E-state index contributed by atoms with van der Waals surface area (Å²) in [5.74, 6) is 0. The second-order valence-electron chi connectivity index (χ2n) is 5.02. The Hall–Kier alpha value is -1.82. The summed E-state index contributed by atoms with van der Waals surface area (Å²) in [6, 6.07) is 5.62. The molecule has 0 spiro atoms. The number of hydrogen-bond donors (Lipinski definition) is 1. The van der Waals surface area contributed by atoms with Gasteiger partial charge in [0.25, 0.3) is 5.69 Å². The zero-order valence-electron chi connectivity index (χ0n) is 11.6. The van der Waals surface area contributed by atoms with E-state index in [0.29, 0.717) is 6.04 Å². The van der Waals surface area contributed by atoms with E-state index >= 15 is 0 Å². The summed E-state index contributed by atoms with van der Waals surface area (Å²) < 4.78 is 0. The lowest BCUT2D eigenvalue weighted by atomic mass is 10.1. The molecule has 6 heteroatoms. The third-order valence-electron chi connectivity index (χ3n) is 3.73. The van der Waals surface area contributed by atoms with Crippen molar-refractivity contribution in [2.24, 2.45) is 0 Å². The first-order valence-corrected chi connectivity index (χ1v) is 6.43. The Balaban J connectivity index is 2.28. The molecule has 0 aromatic heterocycles. The van der Waals surface area contributed by atoms with E-state index in [-0.39, 0.29) is 10.6 Å². The van der Waals surface area contributed by atoms with E-state index in [9.17, 15) is 10.1 Å². The summed E-state index contributed by atoms with van der Waals surface area (Å²) in [4.78, 5) is 15.1. The van der Waals surface area contributed by atoms with Gasteiger partial charge in [0, 0.05) is 56.2 Å².